The number of aromatic nitrogens is 1. The minimum Gasteiger partial charge on any atom is -0.454 e. The average Bonchev–Trinajstić information content (AvgIpc) is 3.35. The molecule has 0 radical (unpaired) electrons. The summed E-state index contributed by atoms with van der Waals surface area (Å²) in [7, 11) is 1.44. The highest BCUT2D eigenvalue weighted by molar-refractivity contribution is 6.13. The SMILES string of the molecule is [2H]c1c(F)c(C([2H])([2H])[2H])c([2H])[n+](C)c1-c1c(C)ccc2c1oc1c(-c3cccc(-c4ccccc4)c3)cc(C#N)cc12. The molecular weight excluding hydrogens is 459 g/mol. The number of rotatable bonds is 3. The van der Waals surface area contributed by atoms with Gasteiger partial charge in [0.1, 0.15) is 25.4 Å². The maximum absolute atomic E-state index is 15.4. The van der Waals surface area contributed by atoms with Crippen LogP contribution in [0.4, 0.5) is 4.39 Å². The Morgan fingerprint density at radius 1 is 0.892 bits per heavy atom. The lowest BCUT2D eigenvalue weighted by molar-refractivity contribution is -0.661. The van der Waals surface area contributed by atoms with Gasteiger partial charge in [-0.25, -0.2) is 8.96 Å². The van der Waals surface area contributed by atoms with Gasteiger partial charge in [0.15, 0.2) is 6.17 Å². The van der Waals surface area contributed by atoms with Crippen LogP contribution >= 0.6 is 0 Å². The van der Waals surface area contributed by atoms with Gasteiger partial charge in [0.25, 0.3) is 0 Å². The third kappa shape index (κ3) is 3.77. The van der Waals surface area contributed by atoms with E-state index in [4.69, 9.17) is 11.3 Å². The van der Waals surface area contributed by atoms with Crippen molar-refractivity contribution in [2.24, 2.45) is 7.05 Å². The predicted octanol–water partition coefficient (Wildman–Crippen LogP) is 8.04. The number of nitriles is 1. The van der Waals surface area contributed by atoms with Crippen LogP contribution in [0.25, 0.3) is 55.4 Å². The molecule has 6 rings (SSSR count). The van der Waals surface area contributed by atoms with Gasteiger partial charge in [-0.2, -0.15) is 5.26 Å². The molecule has 2 heterocycles. The van der Waals surface area contributed by atoms with Crippen LogP contribution in [0, 0.1) is 30.9 Å². The Morgan fingerprint density at radius 3 is 2.46 bits per heavy atom. The smallest absolute Gasteiger partial charge is 0.219 e. The molecule has 3 nitrogen and oxygen atoms in total. The third-order valence-electron chi connectivity index (χ3n) is 6.66. The Morgan fingerprint density at radius 2 is 1.68 bits per heavy atom. The van der Waals surface area contributed by atoms with E-state index in [1.54, 1.807) is 25.1 Å². The maximum atomic E-state index is 15.4. The molecule has 37 heavy (non-hydrogen) atoms. The van der Waals surface area contributed by atoms with Crippen molar-refractivity contribution in [1.82, 2.24) is 0 Å². The standard InChI is InChI=1S/C33H24FN2O/c1-20-12-13-26-28-15-22(18-35)14-27(25-11-7-10-24(16-25)23-8-5-4-6-9-23)32(28)37-33(26)31(20)30-17-29(34)21(2)19-36(30)3/h4-17,19H,1-3H3/q+1/i2D3,17D,19D. The van der Waals surface area contributed by atoms with E-state index < -0.39 is 30.4 Å². The van der Waals surface area contributed by atoms with E-state index in [9.17, 15) is 5.26 Å². The summed E-state index contributed by atoms with van der Waals surface area (Å²) in [5.41, 5.74) is 5.13. The number of hydrogen-bond donors (Lipinski definition) is 0. The minimum atomic E-state index is -2.90. The molecule has 0 amide bonds. The summed E-state index contributed by atoms with van der Waals surface area (Å²) < 4.78 is 63.4. The van der Waals surface area contributed by atoms with Crippen LogP contribution in [-0.2, 0) is 7.05 Å². The lowest BCUT2D eigenvalue weighted by Gasteiger charge is -2.07. The zero-order valence-corrected chi connectivity index (χ0v) is 20.2. The second-order valence-corrected chi connectivity index (χ2v) is 9.03. The van der Waals surface area contributed by atoms with Gasteiger partial charge >= 0.3 is 0 Å². The molecule has 178 valence electrons. The first-order valence-electron chi connectivity index (χ1n) is 14.3. The molecule has 2 aromatic heterocycles. The molecule has 0 bridgehead atoms. The number of pyridine rings is 1. The molecule has 4 aromatic carbocycles. The number of benzene rings is 4. The quantitative estimate of drug-likeness (QED) is 0.237. The predicted molar refractivity (Wildman–Crippen MR) is 145 cm³/mol. The highest BCUT2D eigenvalue weighted by Crippen LogP contribution is 2.42. The van der Waals surface area contributed by atoms with Crippen LogP contribution in [0.1, 0.15) is 23.5 Å². The van der Waals surface area contributed by atoms with Crippen LogP contribution in [0.5, 0.6) is 0 Å². The van der Waals surface area contributed by atoms with E-state index in [0.29, 0.717) is 44.2 Å². The van der Waals surface area contributed by atoms with Gasteiger partial charge in [-0.05, 0) is 54.2 Å². The fourth-order valence-electron chi connectivity index (χ4n) is 4.86. The van der Waals surface area contributed by atoms with Gasteiger partial charge in [-0.3, -0.25) is 0 Å². The van der Waals surface area contributed by atoms with Crippen LogP contribution in [0.3, 0.4) is 0 Å². The summed E-state index contributed by atoms with van der Waals surface area (Å²) in [5, 5.41) is 11.2. The van der Waals surface area contributed by atoms with Crippen molar-refractivity contribution in [2.75, 3.05) is 0 Å². The van der Waals surface area contributed by atoms with E-state index in [1.165, 1.54) is 11.6 Å². The number of aryl methyl sites for hydroxylation is 1. The van der Waals surface area contributed by atoms with Crippen LogP contribution in [0.15, 0.2) is 95.5 Å². The monoisotopic (exact) mass is 488 g/mol. The molecular formula is C33H24FN2O+. The number of halogens is 1. The van der Waals surface area contributed by atoms with Crippen molar-refractivity contribution in [3.63, 3.8) is 0 Å². The lowest BCUT2D eigenvalue weighted by atomic mass is 9.95. The molecule has 0 N–H and O–H groups in total. The number of nitrogens with zero attached hydrogens (tertiary/aromatic N) is 2. The van der Waals surface area contributed by atoms with Crippen molar-refractivity contribution >= 4 is 21.9 Å². The highest BCUT2D eigenvalue weighted by atomic mass is 19.1. The maximum Gasteiger partial charge on any atom is 0.219 e. The molecule has 0 saturated heterocycles. The van der Waals surface area contributed by atoms with E-state index in [0.717, 1.165) is 16.7 Å². The minimum absolute atomic E-state index is 0.0285. The summed E-state index contributed by atoms with van der Waals surface area (Å²) >= 11 is 0. The first-order chi connectivity index (χ1) is 20.0. The van der Waals surface area contributed by atoms with Gasteiger partial charge in [0, 0.05) is 32.1 Å². The number of hydrogen-bond acceptors (Lipinski definition) is 2. The highest BCUT2D eigenvalue weighted by Gasteiger charge is 2.24. The van der Waals surface area contributed by atoms with Gasteiger partial charge in [-0.15, -0.1) is 0 Å². The Bertz CT molecular complexity index is 2060. The van der Waals surface area contributed by atoms with Crippen molar-refractivity contribution in [2.45, 2.75) is 13.8 Å². The molecule has 0 spiro atoms. The summed E-state index contributed by atoms with van der Waals surface area (Å²) in [6, 6.07) is 26.6. The van der Waals surface area contributed by atoms with Crippen LogP contribution in [-0.4, -0.2) is 0 Å². The second kappa shape index (κ2) is 8.72. The first kappa shape index (κ1) is 17.6. The van der Waals surface area contributed by atoms with Crippen LogP contribution < -0.4 is 4.57 Å². The largest absolute Gasteiger partial charge is 0.454 e. The van der Waals surface area contributed by atoms with E-state index in [-0.39, 0.29) is 5.69 Å². The molecule has 0 atom stereocenters. The van der Waals surface area contributed by atoms with Crippen molar-refractivity contribution in [1.29, 1.82) is 5.26 Å². The van der Waals surface area contributed by atoms with Crippen molar-refractivity contribution in [3.8, 4) is 39.6 Å². The number of fused-ring (bicyclic) bond motifs is 3. The fraction of sp³-hybridized carbons (Fsp3) is 0.0909. The molecule has 0 aliphatic heterocycles. The fourth-order valence-corrected chi connectivity index (χ4v) is 4.86. The molecule has 0 unspecified atom stereocenters. The molecule has 0 saturated carbocycles. The van der Waals surface area contributed by atoms with Crippen molar-refractivity contribution in [3.05, 3.63) is 114 Å². The Kier molecular flexibility index (Phi) is 4.16. The first-order valence-corrected chi connectivity index (χ1v) is 11.8. The normalized spacial score (nSPS) is 13.5. The number of furan rings is 1. The Balaban J connectivity index is 1.67. The summed E-state index contributed by atoms with van der Waals surface area (Å²) in [6.45, 7) is -1.11. The van der Waals surface area contributed by atoms with Crippen molar-refractivity contribution < 1.29 is 20.2 Å². The second-order valence-electron chi connectivity index (χ2n) is 9.03. The molecule has 0 aliphatic carbocycles. The molecule has 4 heteroatoms. The summed E-state index contributed by atoms with van der Waals surface area (Å²) in [4.78, 5) is 0. The molecule has 0 aliphatic rings. The molecule has 0 fully saturated rings. The van der Waals surface area contributed by atoms with Gasteiger partial charge in [0.05, 0.1) is 18.6 Å². The van der Waals surface area contributed by atoms with Gasteiger partial charge in [0.2, 0.25) is 5.69 Å². The average molecular weight is 489 g/mol. The summed E-state index contributed by atoms with van der Waals surface area (Å²) in [5.74, 6) is -1.26. The molecule has 6 aromatic rings. The summed E-state index contributed by atoms with van der Waals surface area (Å²) in [6.07, 6.45) is -0.545. The Labute approximate surface area is 221 Å². The topological polar surface area (TPSA) is 40.8 Å². The lowest BCUT2D eigenvalue weighted by Crippen LogP contribution is -2.31. The van der Waals surface area contributed by atoms with E-state index in [1.807, 2.05) is 60.7 Å². The van der Waals surface area contributed by atoms with Crippen LogP contribution in [0.2, 0.25) is 0 Å². The van der Waals surface area contributed by atoms with Gasteiger partial charge < -0.3 is 4.42 Å². The Hall–Kier alpha value is -4.75. The zero-order valence-electron chi connectivity index (χ0n) is 25.2. The van der Waals surface area contributed by atoms with E-state index >= 15 is 4.39 Å². The van der Waals surface area contributed by atoms with Gasteiger partial charge in [-0.1, -0.05) is 60.7 Å². The zero-order chi connectivity index (χ0) is 29.9. The third-order valence-corrected chi connectivity index (χ3v) is 6.66. The van der Waals surface area contributed by atoms with E-state index in [2.05, 4.69) is 6.07 Å².